The highest BCUT2D eigenvalue weighted by atomic mass is 32.2. The van der Waals surface area contributed by atoms with Gasteiger partial charge in [-0.1, -0.05) is 36.4 Å². The first-order chi connectivity index (χ1) is 11.0. The van der Waals surface area contributed by atoms with Crippen molar-refractivity contribution < 1.29 is 17.2 Å². The monoisotopic (exact) mass is 333 g/mol. The van der Waals surface area contributed by atoms with Crippen molar-refractivity contribution in [3.05, 3.63) is 77.9 Å². The summed E-state index contributed by atoms with van der Waals surface area (Å²) in [6.07, 6.45) is 0. The van der Waals surface area contributed by atoms with Crippen LogP contribution in [0, 0.1) is 11.6 Å². The van der Waals surface area contributed by atoms with Gasteiger partial charge in [0.1, 0.15) is 11.6 Å². The fraction of sp³-hybridized carbons (Fsp3) is 0.0588. The average Bonchev–Trinajstić information content (AvgIpc) is 2.52. The normalized spacial score (nSPS) is 11.7. The Morgan fingerprint density at radius 1 is 0.870 bits per heavy atom. The second kappa shape index (κ2) is 6.06. The fourth-order valence-corrected chi connectivity index (χ4v) is 3.64. The molecule has 3 nitrogen and oxygen atoms in total. The van der Waals surface area contributed by atoms with Crippen molar-refractivity contribution >= 4 is 20.8 Å². The van der Waals surface area contributed by atoms with Crippen LogP contribution in [0.25, 0.3) is 10.8 Å². The van der Waals surface area contributed by atoms with E-state index >= 15 is 0 Å². The Labute approximate surface area is 132 Å². The summed E-state index contributed by atoms with van der Waals surface area (Å²) < 4.78 is 53.7. The first-order valence-corrected chi connectivity index (χ1v) is 8.36. The summed E-state index contributed by atoms with van der Waals surface area (Å²) in [5.41, 5.74) is 0.214. The quantitative estimate of drug-likeness (QED) is 0.793. The number of sulfonamides is 1. The van der Waals surface area contributed by atoms with Crippen LogP contribution in [0.5, 0.6) is 0 Å². The zero-order valence-corrected chi connectivity index (χ0v) is 12.8. The third-order valence-corrected chi connectivity index (χ3v) is 4.89. The summed E-state index contributed by atoms with van der Waals surface area (Å²) >= 11 is 0. The Kier molecular flexibility index (Phi) is 4.11. The van der Waals surface area contributed by atoms with E-state index in [1.54, 1.807) is 18.2 Å². The van der Waals surface area contributed by atoms with E-state index in [0.29, 0.717) is 5.39 Å². The molecule has 0 aliphatic carbocycles. The van der Waals surface area contributed by atoms with Gasteiger partial charge in [-0.2, -0.15) is 0 Å². The number of hydrogen-bond acceptors (Lipinski definition) is 2. The van der Waals surface area contributed by atoms with E-state index < -0.39 is 21.7 Å². The van der Waals surface area contributed by atoms with E-state index in [4.69, 9.17) is 0 Å². The Morgan fingerprint density at radius 2 is 1.52 bits per heavy atom. The summed E-state index contributed by atoms with van der Waals surface area (Å²) in [7, 11) is -3.81. The minimum absolute atomic E-state index is 0.132. The summed E-state index contributed by atoms with van der Waals surface area (Å²) in [5, 5.41) is 1.39. The molecule has 0 atom stereocenters. The van der Waals surface area contributed by atoms with Gasteiger partial charge in [0, 0.05) is 18.0 Å². The molecular weight excluding hydrogens is 320 g/mol. The molecule has 3 aromatic carbocycles. The van der Waals surface area contributed by atoms with E-state index in [9.17, 15) is 17.2 Å². The van der Waals surface area contributed by atoms with E-state index in [1.165, 1.54) is 6.07 Å². The lowest BCUT2D eigenvalue weighted by Gasteiger charge is -2.10. The molecule has 0 aliphatic heterocycles. The molecule has 3 aromatic rings. The minimum atomic E-state index is -3.81. The highest BCUT2D eigenvalue weighted by Gasteiger charge is 2.17. The number of benzene rings is 3. The molecule has 0 saturated carbocycles. The van der Waals surface area contributed by atoms with Gasteiger partial charge < -0.3 is 0 Å². The molecule has 0 radical (unpaired) electrons. The summed E-state index contributed by atoms with van der Waals surface area (Å²) in [4.78, 5) is 0.132. The Bertz CT molecular complexity index is 946. The van der Waals surface area contributed by atoms with Gasteiger partial charge in [0.15, 0.2) is 0 Å². The molecule has 0 bridgehead atoms. The second-order valence-corrected chi connectivity index (χ2v) is 6.81. The maximum Gasteiger partial charge on any atom is 0.241 e. The largest absolute Gasteiger partial charge is 0.241 e. The van der Waals surface area contributed by atoms with Crippen LogP contribution in [0.4, 0.5) is 8.78 Å². The second-order valence-electron chi connectivity index (χ2n) is 5.08. The average molecular weight is 333 g/mol. The first kappa shape index (κ1) is 15.6. The fourth-order valence-electron chi connectivity index (χ4n) is 2.40. The topological polar surface area (TPSA) is 46.2 Å². The van der Waals surface area contributed by atoms with Crippen LogP contribution in [0.3, 0.4) is 0 Å². The Balaban J connectivity index is 1.92. The molecule has 3 rings (SSSR count). The molecule has 6 heteroatoms. The minimum Gasteiger partial charge on any atom is -0.207 e. The van der Waals surface area contributed by atoms with Crippen LogP contribution in [0.2, 0.25) is 0 Å². The van der Waals surface area contributed by atoms with Crippen molar-refractivity contribution in [3.63, 3.8) is 0 Å². The van der Waals surface area contributed by atoms with E-state index in [-0.39, 0.29) is 17.0 Å². The molecule has 0 amide bonds. The van der Waals surface area contributed by atoms with Crippen molar-refractivity contribution in [1.82, 2.24) is 4.72 Å². The Hall–Kier alpha value is -2.31. The van der Waals surface area contributed by atoms with Crippen molar-refractivity contribution in [3.8, 4) is 0 Å². The van der Waals surface area contributed by atoms with E-state index in [0.717, 1.165) is 23.6 Å². The van der Waals surface area contributed by atoms with E-state index in [2.05, 4.69) is 4.72 Å². The number of fused-ring (bicyclic) bond motifs is 1. The van der Waals surface area contributed by atoms with Gasteiger partial charge in [-0.15, -0.1) is 0 Å². The van der Waals surface area contributed by atoms with Crippen LogP contribution >= 0.6 is 0 Å². The predicted octanol–water partition coefficient (Wildman–Crippen LogP) is 3.60. The number of rotatable bonds is 4. The highest BCUT2D eigenvalue weighted by Crippen LogP contribution is 2.22. The lowest BCUT2D eigenvalue weighted by molar-refractivity contribution is 0.571. The molecule has 0 saturated heterocycles. The van der Waals surface area contributed by atoms with Gasteiger partial charge in [0.2, 0.25) is 10.0 Å². The van der Waals surface area contributed by atoms with Gasteiger partial charge in [-0.3, -0.25) is 0 Å². The first-order valence-electron chi connectivity index (χ1n) is 6.88. The molecule has 0 heterocycles. The molecule has 1 N–H and O–H groups in total. The molecule has 0 spiro atoms. The number of nitrogens with one attached hydrogen (secondary N) is 1. The van der Waals surface area contributed by atoms with Crippen LogP contribution in [-0.4, -0.2) is 8.42 Å². The molecule has 23 heavy (non-hydrogen) atoms. The third kappa shape index (κ3) is 3.38. The lowest BCUT2D eigenvalue weighted by Crippen LogP contribution is -2.23. The molecule has 118 valence electrons. The predicted molar refractivity (Wildman–Crippen MR) is 84.3 cm³/mol. The summed E-state index contributed by atoms with van der Waals surface area (Å²) in [6.45, 7) is -0.194. The van der Waals surface area contributed by atoms with Crippen LogP contribution in [0.15, 0.2) is 65.6 Å². The maximum atomic E-state index is 13.2. The Morgan fingerprint density at radius 3 is 2.26 bits per heavy atom. The van der Waals surface area contributed by atoms with Crippen molar-refractivity contribution in [2.24, 2.45) is 0 Å². The van der Waals surface area contributed by atoms with Gasteiger partial charge in [-0.05, 0) is 29.1 Å². The molecule has 0 aliphatic rings. The highest BCUT2D eigenvalue weighted by molar-refractivity contribution is 7.89. The van der Waals surface area contributed by atoms with Crippen molar-refractivity contribution in [2.45, 2.75) is 11.4 Å². The van der Waals surface area contributed by atoms with Crippen LogP contribution in [0.1, 0.15) is 5.56 Å². The summed E-state index contributed by atoms with van der Waals surface area (Å²) in [5.74, 6) is -1.49. The molecule has 0 fully saturated rings. The molecular formula is C17H13F2NO2S. The lowest BCUT2D eigenvalue weighted by atomic mass is 10.1. The standard InChI is InChI=1S/C17H13F2NO2S/c18-14-8-12(9-15(19)10-14)11-20-23(21,22)17-7-3-5-13-4-1-2-6-16(13)17/h1-10,20H,11H2. The maximum absolute atomic E-state index is 13.2. The molecule has 0 aromatic heterocycles. The van der Waals surface area contributed by atoms with Crippen molar-refractivity contribution in [1.29, 1.82) is 0 Å². The SMILES string of the molecule is O=S(=O)(NCc1cc(F)cc(F)c1)c1cccc2ccccc12. The van der Waals surface area contributed by atoms with Gasteiger partial charge in [0.25, 0.3) is 0 Å². The van der Waals surface area contributed by atoms with Gasteiger partial charge in [0.05, 0.1) is 4.90 Å². The van der Waals surface area contributed by atoms with Crippen LogP contribution < -0.4 is 4.72 Å². The zero-order chi connectivity index (χ0) is 16.4. The van der Waals surface area contributed by atoms with Gasteiger partial charge in [-0.25, -0.2) is 21.9 Å². The van der Waals surface area contributed by atoms with Crippen LogP contribution in [-0.2, 0) is 16.6 Å². The smallest absolute Gasteiger partial charge is 0.207 e. The number of hydrogen-bond donors (Lipinski definition) is 1. The van der Waals surface area contributed by atoms with E-state index in [1.807, 2.05) is 18.2 Å². The number of halogens is 2. The van der Waals surface area contributed by atoms with Gasteiger partial charge >= 0.3 is 0 Å². The molecule has 0 unspecified atom stereocenters. The zero-order valence-electron chi connectivity index (χ0n) is 12.0. The third-order valence-electron chi connectivity index (χ3n) is 3.43. The van der Waals surface area contributed by atoms with Crippen molar-refractivity contribution in [2.75, 3.05) is 0 Å². The summed E-state index contributed by atoms with van der Waals surface area (Å²) in [6, 6.07) is 15.0.